The van der Waals surface area contributed by atoms with E-state index >= 15 is 0 Å². The number of benzene rings is 1. The van der Waals surface area contributed by atoms with Crippen molar-refractivity contribution in [2.75, 3.05) is 64.4 Å². The number of nitrogens with zero attached hydrogens (tertiary/aromatic N) is 4. The molecular weight excluding hydrogens is 456 g/mol. The van der Waals surface area contributed by atoms with Crippen LogP contribution >= 0.6 is 0 Å². The molecule has 5 amide bonds. The van der Waals surface area contributed by atoms with Crippen LogP contribution in [0.15, 0.2) is 18.2 Å². The number of urea groups is 1. The van der Waals surface area contributed by atoms with E-state index in [-0.39, 0.29) is 24.8 Å². The summed E-state index contributed by atoms with van der Waals surface area (Å²) < 4.78 is 5.39. The van der Waals surface area contributed by atoms with Gasteiger partial charge in [-0.1, -0.05) is 0 Å². The van der Waals surface area contributed by atoms with Crippen LogP contribution < -0.4 is 20.4 Å². The maximum Gasteiger partial charge on any atom is 0.419 e. The highest BCUT2D eigenvalue weighted by atomic mass is 16.5. The van der Waals surface area contributed by atoms with E-state index in [1.54, 1.807) is 23.2 Å². The van der Waals surface area contributed by atoms with Crippen LogP contribution in [0.4, 0.5) is 15.3 Å². The number of hydrogen-bond acceptors (Lipinski definition) is 7. The van der Waals surface area contributed by atoms with Crippen molar-refractivity contribution >= 4 is 29.6 Å². The molecule has 3 aliphatic rings. The largest absolute Gasteiger partial charge is 0.495 e. The summed E-state index contributed by atoms with van der Waals surface area (Å²) in [6.45, 7) is 5.35. The maximum atomic E-state index is 13.2. The molecule has 3 fully saturated rings. The van der Waals surface area contributed by atoms with Crippen LogP contribution in [0.2, 0.25) is 0 Å². The fraction of sp³-hybridized carbons (Fsp3) is 0.565. The third-order valence-corrected chi connectivity index (χ3v) is 6.81. The third-order valence-electron chi connectivity index (χ3n) is 6.81. The van der Waals surface area contributed by atoms with E-state index in [9.17, 15) is 19.2 Å². The fourth-order valence-corrected chi connectivity index (χ4v) is 4.87. The molecule has 3 N–H and O–H groups in total. The molecule has 0 radical (unpaired) electrons. The van der Waals surface area contributed by atoms with Crippen LogP contribution in [0, 0.1) is 5.92 Å². The molecule has 3 saturated heterocycles. The molecule has 0 spiro atoms. The van der Waals surface area contributed by atoms with Gasteiger partial charge in [0.2, 0.25) is 5.91 Å². The van der Waals surface area contributed by atoms with Gasteiger partial charge in [-0.25, -0.2) is 14.6 Å². The Morgan fingerprint density at radius 3 is 2.43 bits per heavy atom. The molecule has 3 heterocycles. The lowest BCUT2D eigenvalue weighted by atomic mass is 9.97. The second-order valence-electron chi connectivity index (χ2n) is 9.08. The Balaban J connectivity index is 1.32. The first-order valence-corrected chi connectivity index (χ1v) is 11.9. The Hall–Kier alpha value is -3.38. The van der Waals surface area contributed by atoms with Crippen LogP contribution in [-0.2, 0) is 4.79 Å². The van der Waals surface area contributed by atoms with Crippen molar-refractivity contribution in [3.63, 3.8) is 0 Å². The van der Waals surface area contributed by atoms with Gasteiger partial charge in [0.25, 0.3) is 5.91 Å². The van der Waals surface area contributed by atoms with Gasteiger partial charge in [0.1, 0.15) is 5.75 Å². The molecule has 3 aliphatic heterocycles. The number of ether oxygens (including phenoxy) is 1. The molecule has 0 bridgehead atoms. The summed E-state index contributed by atoms with van der Waals surface area (Å²) in [6, 6.07) is 4.50. The Morgan fingerprint density at radius 1 is 1.09 bits per heavy atom. The number of hydrogen-bond donors (Lipinski definition) is 3. The number of anilines is 1. The van der Waals surface area contributed by atoms with Crippen molar-refractivity contribution in [1.29, 1.82) is 0 Å². The van der Waals surface area contributed by atoms with Gasteiger partial charge < -0.3 is 14.7 Å². The van der Waals surface area contributed by atoms with Gasteiger partial charge in [0.15, 0.2) is 0 Å². The molecule has 35 heavy (non-hydrogen) atoms. The van der Waals surface area contributed by atoms with Gasteiger partial charge in [-0.3, -0.25) is 30.1 Å². The first kappa shape index (κ1) is 24.7. The number of carbonyl (C=O) groups is 4. The number of amides is 5. The smallest absolute Gasteiger partial charge is 0.419 e. The molecule has 0 aromatic heterocycles. The molecule has 0 unspecified atom stereocenters. The molecule has 1 aromatic rings. The number of rotatable bonds is 6. The van der Waals surface area contributed by atoms with Gasteiger partial charge in [-0.15, -0.1) is 0 Å². The van der Waals surface area contributed by atoms with E-state index in [1.165, 1.54) is 12.0 Å². The fourth-order valence-electron chi connectivity index (χ4n) is 4.87. The Kier molecular flexibility index (Phi) is 7.71. The summed E-state index contributed by atoms with van der Waals surface area (Å²) in [7, 11) is 1.50. The van der Waals surface area contributed by atoms with Crippen molar-refractivity contribution in [2.24, 2.45) is 5.92 Å². The van der Waals surface area contributed by atoms with Crippen molar-refractivity contribution in [3.8, 4) is 5.75 Å². The number of carboxylic acid groups (broad SMARTS) is 1. The molecular formula is C23H32N6O6. The summed E-state index contributed by atoms with van der Waals surface area (Å²) in [6.07, 6.45) is 1.03. The third kappa shape index (κ3) is 6.01. The van der Waals surface area contributed by atoms with Crippen LogP contribution in [0.25, 0.3) is 0 Å². The Labute approximate surface area is 203 Å². The van der Waals surface area contributed by atoms with E-state index in [4.69, 9.17) is 9.84 Å². The second-order valence-corrected chi connectivity index (χ2v) is 9.08. The normalized spacial score (nSPS) is 20.5. The summed E-state index contributed by atoms with van der Waals surface area (Å²) >= 11 is 0. The molecule has 0 atom stereocenters. The molecule has 12 nitrogen and oxygen atoms in total. The molecule has 190 valence electrons. The van der Waals surface area contributed by atoms with Gasteiger partial charge in [0.05, 0.1) is 12.8 Å². The average molecular weight is 489 g/mol. The molecule has 0 aliphatic carbocycles. The maximum absolute atomic E-state index is 13.2. The number of hydrazine groups is 1. The highest BCUT2D eigenvalue weighted by Gasteiger charge is 2.29. The van der Waals surface area contributed by atoms with Crippen LogP contribution in [0.1, 0.15) is 29.6 Å². The highest BCUT2D eigenvalue weighted by molar-refractivity contribution is 6.07. The molecule has 1 aromatic carbocycles. The summed E-state index contributed by atoms with van der Waals surface area (Å²) in [4.78, 5) is 53.4. The molecule has 12 heteroatoms. The lowest BCUT2D eigenvalue weighted by Gasteiger charge is -2.38. The summed E-state index contributed by atoms with van der Waals surface area (Å²) in [5.41, 5.74) is 3.35. The van der Waals surface area contributed by atoms with E-state index < -0.39 is 12.1 Å². The first-order valence-electron chi connectivity index (χ1n) is 11.9. The van der Waals surface area contributed by atoms with Gasteiger partial charge in [0, 0.05) is 64.3 Å². The summed E-state index contributed by atoms with van der Waals surface area (Å²) in [5, 5.41) is 12.9. The number of nitrogens with one attached hydrogen (secondary N) is 2. The van der Waals surface area contributed by atoms with Crippen molar-refractivity contribution in [1.82, 2.24) is 25.6 Å². The predicted octanol–water partition coefficient (Wildman–Crippen LogP) is 0.794. The van der Waals surface area contributed by atoms with Crippen LogP contribution in [-0.4, -0.2) is 103 Å². The van der Waals surface area contributed by atoms with Gasteiger partial charge in [-0.05, 0) is 37.0 Å². The number of piperidine rings is 1. The number of piperazine rings is 1. The Morgan fingerprint density at radius 2 is 1.80 bits per heavy atom. The minimum Gasteiger partial charge on any atom is -0.495 e. The zero-order valence-electron chi connectivity index (χ0n) is 19.9. The topological polar surface area (TPSA) is 135 Å². The lowest BCUT2D eigenvalue weighted by molar-refractivity contribution is -0.120. The minimum atomic E-state index is -1.03. The minimum absolute atomic E-state index is 0.102. The molecule has 0 saturated carbocycles. The van der Waals surface area contributed by atoms with Crippen LogP contribution in [0.3, 0.4) is 0 Å². The predicted molar refractivity (Wildman–Crippen MR) is 126 cm³/mol. The number of carbonyl (C=O) groups excluding carboxylic acids is 3. The van der Waals surface area contributed by atoms with Gasteiger partial charge >= 0.3 is 12.1 Å². The molecule has 4 rings (SSSR count). The number of imide groups is 1. The van der Waals surface area contributed by atoms with E-state index in [1.807, 2.05) is 4.90 Å². The quantitative estimate of drug-likeness (QED) is 0.535. The lowest BCUT2D eigenvalue weighted by Crippen LogP contribution is -2.51. The SMILES string of the molecule is COc1ccc(C(=O)N2CCN(CC3CCN(NC(=O)O)CC3)CC2)cc1N1CCC(=O)NC1=O. The monoisotopic (exact) mass is 488 g/mol. The Bertz CT molecular complexity index is 971. The second kappa shape index (κ2) is 10.9. The zero-order chi connectivity index (χ0) is 24.9. The van der Waals surface area contributed by atoms with Crippen molar-refractivity contribution in [3.05, 3.63) is 23.8 Å². The van der Waals surface area contributed by atoms with Gasteiger partial charge in [-0.2, -0.15) is 0 Å². The van der Waals surface area contributed by atoms with E-state index in [0.29, 0.717) is 49.1 Å². The average Bonchev–Trinajstić information content (AvgIpc) is 2.85. The van der Waals surface area contributed by atoms with Crippen LogP contribution in [0.5, 0.6) is 5.75 Å². The zero-order valence-corrected chi connectivity index (χ0v) is 19.9. The summed E-state index contributed by atoms with van der Waals surface area (Å²) in [5.74, 6) is 0.546. The number of methoxy groups -OCH3 is 1. The first-order chi connectivity index (χ1) is 16.8. The van der Waals surface area contributed by atoms with E-state index in [2.05, 4.69) is 15.6 Å². The highest BCUT2D eigenvalue weighted by Crippen LogP contribution is 2.31. The standard InChI is InChI=1S/C23H32N6O6/c1-35-19-3-2-17(14-18(19)29-9-6-20(30)24-22(29)32)21(31)27-12-10-26(11-13-27)15-16-4-7-28(8-5-16)25-23(33)34/h2-3,14,16,25H,4-13,15H2,1H3,(H,33,34)(H,24,30,32). The van der Waals surface area contributed by atoms with Crippen molar-refractivity contribution < 1.29 is 29.0 Å². The van der Waals surface area contributed by atoms with Crippen molar-refractivity contribution in [2.45, 2.75) is 19.3 Å². The van der Waals surface area contributed by atoms with E-state index in [0.717, 1.165) is 32.5 Å².